The van der Waals surface area contributed by atoms with Crippen molar-refractivity contribution < 1.29 is 18.0 Å². The van der Waals surface area contributed by atoms with Gasteiger partial charge in [0.1, 0.15) is 0 Å². The summed E-state index contributed by atoms with van der Waals surface area (Å²) in [5.74, 6) is -1.90. The molecule has 1 N–H and O–H groups in total. The van der Waals surface area contributed by atoms with E-state index < -0.39 is 12.1 Å². The third kappa shape index (κ3) is 8.54. The monoisotopic (exact) mass is 249 g/mol. The second-order valence-corrected chi connectivity index (χ2v) is 4.08. The first-order valence-electron chi connectivity index (χ1n) is 5.37. The fraction of sp³-hybridized carbons (Fsp3) is 0.583. The zero-order chi connectivity index (χ0) is 13.5. The molecule has 0 aromatic carbocycles. The van der Waals surface area contributed by atoms with Crippen molar-refractivity contribution >= 4 is 5.91 Å². The minimum atomic E-state index is -4.80. The van der Waals surface area contributed by atoms with Gasteiger partial charge in [-0.15, -0.1) is 0 Å². The van der Waals surface area contributed by atoms with Gasteiger partial charge in [0.25, 0.3) is 0 Å². The molecule has 0 aromatic rings. The maximum Gasteiger partial charge on any atom is 0.471 e. The number of allylic oxidation sites excluding steroid dienone is 3. The minimum Gasteiger partial charge on any atom is -0.345 e. The molecule has 0 spiro atoms. The Bertz CT molecular complexity index is 312. The van der Waals surface area contributed by atoms with Crippen molar-refractivity contribution in [1.29, 1.82) is 0 Å². The van der Waals surface area contributed by atoms with Crippen LogP contribution in [0.15, 0.2) is 23.3 Å². The van der Waals surface area contributed by atoms with Crippen LogP contribution >= 0.6 is 0 Å². The van der Waals surface area contributed by atoms with E-state index in [4.69, 9.17) is 0 Å². The number of nitrogens with one attached hydrogen (secondary N) is 1. The summed E-state index contributed by atoms with van der Waals surface area (Å²) in [6, 6.07) is 0. The molecular formula is C12H18F3NO. The lowest BCUT2D eigenvalue weighted by Gasteiger charge is -2.06. The van der Waals surface area contributed by atoms with E-state index in [1.54, 1.807) is 11.4 Å². The number of carbonyl (C=O) groups excluding carboxylic acids is 1. The second-order valence-electron chi connectivity index (χ2n) is 4.08. The predicted octanol–water partition coefficient (Wildman–Crippen LogP) is 3.36. The first kappa shape index (κ1) is 15.7. The van der Waals surface area contributed by atoms with E-state index in [1.165, 1.54) is 5.57 Å². The Morgan fingerprint density at radius 1 is 1.18 bits per heavy atom. The van der Waals surface area contributed by atoms with Crippen LogP contribution in [-0.2, 0) is 4.79 Å². The molecule has 0 saturated carbocycles. The van der Waals surface area contributed by atoms with E-state index in [2.05, 4.69) is 6.08 Å². The third-order valence-electron chi connectivity index (χ3n) is 2.06. The summed E-state index contributed by atoms with van der Waals surface area (Å²) in [5.41, 5.74) is 2.17. The van der Waals surface area contributed by atoms with Gasteiger partial charge in [0, 0.05) is 6.54 Å². The quantitative estimate of drug-likeness (QED) is 0.744. The van der Waals surface area contributed by atoms with Gasteiger partial charge in [-0.3, -0.25) is 4.79 Å². The lowest BCUT2D eigenvalue weighted by molar-refractivity contribution is -0.173. The van der Waals surface area contributed by atoms with E-state index in [1.807, 2.05) is 20.8 Å². The van der Waals surface area contributed by atoms with Crippen molar-refractivity contribution in [3.8, 4) is 0 Å². The molecule has 0 radical (unpaired) electrons. The molecule has 0 aromatic heterocycles. The summed E-state index contributed by atoms with van der Waals surface area (Å²) in [4.78, 5) is 10.5. The predicted molar refractivity (Wildman–Crippen MR) is 61.5 cm³/mol. The highest BCUT2D eigenvalue weighted by Crippen LogP contribution is 2.14. The smallest absolute Gasteiger partial charge is 0.345 e. The second kappa shape index (κ2) is 7.14. The molecular weight excluding hydrogens is 231 g/mol. The highest BCUT2D eigenvalue weighted by Gasteiger charge is 2.37. The molecule has 0 atom stereocenters. The molecule has 0 aliphatic rings. The first-order chi connectivity index (χ1) is 7.73. The van der Waals surface area contributed by atoms with Crippen molar-refractivity contribution in [3.63, 3.8) is 0 Å². The van der Waals surface area contributed by atoms with Gasteiger partial charge in [-0.1, -0.05) is 23.3 Å². The normalized spacial score (nSPS) is 12.2. The van der Waals surface area contributed by atoms with E-state index >= 15 is 0 Å². The summed E-state index contributed by atoms with van der Waals surface area (Å²) in [6.07, 6.45) is 0.503. The Labute approximate surface area is 99.6 Å². The summed E-state index contributed by atoms with van der Waals surface area (Å²) in [6.45, 7) is 5.72. The average Bonchev–Trinajstić information content (AvgIpc) is 2.15. The standard InChI is InChI=1S/C12H18F3NO/c1-9(2)5-4-6-10(3)7-8-16-11(17)12(13,14)15/h5,7H,4,6,8H2,1-3H3,(H,16,17)/b10-7+. The van der Waals surface area contributed by atoms with E-state index in [-0.39, 0.29) is 6.54 Å². The first-order valence-corrected chi connectivity index (χ1v) is 5.37. The molecule has 0 fully saturated rings. The number of amides is 1. The average molecular weight is 249 g/mol. The molecule has 0 bridgehead atoms. The highest BCUT2D eigenvalue weighted by molar-refractivity contribution is 5.81. The van der Waals surface area contributed by atoms with E-state index in [0.29, 0.717) is 0 Å². The number of hydrogen-bond acceptors (Lipinski definition) is 1. The fourth-order valence-corrected chi connectivity index (χ4v) is 1.11. The molecule has 0 heterocycles. The topological polar surface area (TPSA) is 29.1 Å². The SMILES string of the molecule is CC(C)=CCC/C(C)=C/CNC(=O)C(F)(F)F. The van der Waals surface area contributed by atoms with Crippen LogP contribution < -0.4 is 5.32 Å². The van der Waals surface area contributed by atoms with Crippen molar-refractivity contribution in [2.75, 3.05) is 6.54 Å². The molecule has 17 heavy (non-hydrogen) atoms. The lowest BCUT2D eigenvalue weighted by atomic mass is 10.1. The van der Waals surface area contributed by atoms with Crippen LogP contribution in [0.2, 0.25) is 0 Å². The van der Waals surface area contributed by atoms with Crippen molar-refractivity contribution in [2.24, 2.45) is 0 Å². The molecule has 1 amide bonds. The Morgan fingerprint density at radius 3 is 2.24 bits per heavy atom. The molecule has 0 aliphatic carbocycles. The summed E-state index contributed by atoms with van der Waals surface area (Å²) in [5, 5.41) is 1.80. The number of alkyl halides is 3. The molecule has 0 unspecified atom stereocenters. The van der Waals surface area contributed by atoms with Gasteiger partial charge in [0.2, 0.25) is 0 Å². The Morgan fingerprint density at radius 2 is 1.76 bits per heavy atom. The maximum atomic E-state index is 11.8. The molecule has 2 nitrogen and oxygen atoms in total. The van der Waals surface area contributed by atoms with Crippen molar-refractivity contribution in [3.05, 3.63) is 23.3 Å². The molecule has 98 valence electrons. The van der Waals surface area contributed by atoms with Crippen molar-refractivity contribution in [1.82, 2.24) is 5.32 Å². The Kier molecular flexibility index (Phi) is 6.61. The van der Waals surface area contributed by atoms with Crippen LogP contribution in [0.4, 0.5) is 13.2 Å². The maximum absolute atomic E-state index is 11.8. The van der Waals surface area contributed by atoms with Gasteiger partial charge < -0.3 is 5.32 Å². The number of carbonyl (C=O) groups is 1. The van der Waals surface area contributed by atoms with Gasteiger partial charge in [-0.05, 0) is 33.6 Å². The highest BCUT2D eigenvalue weighted by atomic mass is 19.4. The number of rotatable bonds is 5. The zero-order valence-corrected chi connectivity index (χ0v) is 10.3. The molecule has 5 heteroatoms. The molecule has 0 saturated heterocycles. The zero-order valence-electron chi connectivity index (χ0n) is 10.3. The van der Waals surface area contributed by atoms with Gasteiger partial charge in [-0.2, -0.15) is 13.2 Å². The Hall–Kier alpha value is -1.26. The van der Waals surface area contributed by atoms with Crippen molar-refractivity contribution in [2.45, 2.75) is 39.8 Å². The van der Waals surface area contributed by atoms with Gasteiger partial charge in [0.15, 0.2) is 0 Å². The van der Waals surface area contributed by atoms with E-state index in [9.17, 15) is 18.0 Å². The number of hydrogen-bond donors (Lipinski definition) is 1. The van der Waals surface area contributed by atoms with Crippen LogP contribution in [0, 0.1) is 0 Å². The van der Waals surface area contributed by atoms with Crippen LogP contribution in [-0.4, -0.2) is 18.6 Å². The van der Waals surface area contributed by atoms with Gasteiger partial charge >= 0.3 is 12.1 Å². The van der Waals surface area contributed by atoms with Crippen LogP contribution in [0.1, 0.15) is 33.6 Å². The van der Waals surface area contributed by atoms with Crippen LogP contribution in [0.25, 0.3) is 0 Å². The van der Waals surface area contributed by atoms with Crippen LogP contribution in [0.5, 0.6) is 0 Å². The summed E-state index contributed by atoms with van der Waals surface area (Å²) < 4.78 is 35.5. The number of halogens is 3. The fourth-order valence-electron chi connectivity index (χ4n) is 1.11. The van der Waals surface area contributed by atoms with E-state index in [0.717, 1.165) is 18.4 Å². The van der Waals surface area contributed by atoms with Gasteiger partial charge in [-0.25, -0.2) is 0 Å². The van der Waals surface area contributed by atoms with Crippen LogP contribution in [0.3, 0.4) is 0 Å². The minimum absolute atomic E-state index is 0.0843. The lowest BCUT2D eigenvalue weighted by Crippen LogP contribution is -2.36. The third-order valence-corrected chi connectivity index (χ3v) is 2.06. The summed E-state index contributed by atoms with van der Waals surface area (Å²) >= 11 is 0. The Balaban J connectivity index is 3.93. The molecule has 0 aliphatic heterocycles. The molecule has 0 rings (SSSR count). The largest absolute Gasteiger partial charge is 0.471 e. The summed E-state index contributed by atoms with van der Waals surface area (Å²) in [7, 11) is 0. The van der Waals surface area contributed by atoms with Gasteiger partial charge in [0.05, 0.1) is 0 Å².